The summed E-state index contributed by atoms with van der Waals surface area (Å²) in [5.74, 6) is 0.812. The van der Waals surface area contributed by atoms with Crippen molar-refractivity contribution in [3.05, 3.63) is 51.3 Å². The second kappa shape index (κ2) is 5.71. The fourth-order valence-corrected chi connectivity index (χ4v) is 2.44. The molecule has 5 heteroatoms. The molecule has 3 nitrogen and oxygen atoms in total. The minimum atomic E-state index is -0.0475. The fraction of sp³-hybridized carbons (Fsp3) is 0.167. The first kappa shape index (κ1) is 12.7. The van der Waals surface area contributed by atoms with E-state index in [1.54, 1.807) is 6.26 Å². The van der Waals surface area contributed by atoms with E-state index < -0.39 is 0 Å². The molecule has 1 atom stereocenters. The number of benzene rings is 1. The Morgan fingerprint density at radius 3 is 2.71 bits per heavy atom. The molecule has 0 saturated carbocycles. The highest BCUT2D eigenvalue weighted by Crippen LogP contribution is 2.27. The summed E-state index contributed by atoms with van der Waals surface area (Å²) in [6.07, 6.45) is 1.64. The smallest absolute Gasteiger partial charge is 0.141 e. The molecule has 3 N–H and O–H groups in total. The van der Waals surface area contributed by atoms with Gasteiger partial charge in [0, 0.05) is 16.7 Å². The maximum absolute atomic E-state index is 5.76. The number of halogens is 2. The van der Waals surface area contributed by atoms with Crippen LogP contribution >= 0.6 is 31.9 Å². The molecule has 1 aromatic carbocycles. The van der Waals surface area contributed by atoms with E-state index in [1.165, 1.54) is 0 Å². The molecule has 0 radical (unpaired) electrons. The van der Waals surface area contributed by atoms with Crippen LogP contribution in [0.1, 0.15) is 11.8 Å². The predicted octanol–water partition coefficient (Wildman–Crippen LogP) is 3.92. The van der Waals surface area contributed by atoms with Crippen molar-refractivity contribution in [3.8, 4) is 0 Å². The van der Waals surface area contributed by atoms with Gasteiger partial charge < -0.3 is 15.5 Å². The Labute approximate surface area is 117 Å². The minimum absolute atomic E-state index is 0.0475. The molecular formula is C12H12Br2N2O. The van der Waals surface area contributed by atoms with Crippen LogP contribution in [-0.2, 0) is 0 Å². The van der Waals surface area contributed by atoms with Crippen molar-refractivity contribution in [2.24, 2.45) is 5.73 Å². The number of rotatable bonds is 4. The van der Waals surface area contributed by atoms with E-state index in [4.69, 9.17) is 10.2 Å². The number of hydrogen-bond acceptors (Lipinski definition) is 3. The Balaban J connectivity index is 2.19. The Kier molecular flexibility index (Phi) is 4.25. The molecule has 0 fully saturated rings. The van der Waals surface area contributed by atoms with E-state index in [1.807, 2.05) is 30.3 Å². The fourth-order valence-electron chi connectivity index (χ4n) is 1.57. The molecule has 0 bridgehead atoms. The Hall–Kier alpha value is -0.780. The lowest BCUT2D eigenvalue weighted by Crippen LogP contribution is -2.20. The lowest BCUT2D eigenvalue weighted by atomic mass is 10.2. The van der Waals surface area contributed by atoms with Gasteiger partial charge in [0.1, 0.15) is 5.76 Å². The molecule has 0 aliphatic rings. The van der Waals surface area contributed by atoms with Crippen molar-refractivity contribution in [1.82, 2.24) is 0 Å². The SMILES string of the molecule is NCC(Nc1cccc(Br)c1)c1occc1Br. The molecule has 0 aliphatic heterocycles. The largest absolute Gasteiger partial charge is 0.466 e. The maximum Gasteiger partial charge on any atom is 0.141 e. The van der Waals surface area contributed by atoms with E-state index in [0.717, 1.165) is 20.4 Å². The Bertz CT molecular complexity index is 499. The summed E-state index contributed by atoms with van der Waals surface area (Å²) >= 11 is 6.87. The Morgan fingerprint density at radius 1 is 1.29 bits per heavy atom. The zero-order chi connectivity index (χ0) is 12.3. The summed E-state index contributed by atoms with van der Waals surface area (Å²) in [5, 5.41) is 3.33. The molecule has 1 aromatic heterocycles. The summed E-state index contributed by atoms with van der Waals surface area (Å²) in [4.78, 5) is 0. The van der Waals surface area contributed by atoms with Gasteiger partial charge >= 0.3 is 0 Å². The summed E-state index contributed by atoms with van der Waals surface area (Å²) in [6.45, 7) is 0.457. The molecule has 0 aliphatic carbocycles. The van der Waals surface area contributed by atoms with Gasteiger partial charge in [-0.25, -0.2) is 0 Å². The van der Waals surface area contributed by atoms with Crippen LogP contribution in [0.5, 0.6) is 0 Å². The highest BCUT2D eigenvalue weighted by Gasteiger charge is 2.16. The first-order chi connectivity index (χ1) is 8.20. The van der Waals surface area contributed by atoms with Gasteiger partial charge in [-0.1, -0.05) is 22.0 Å². The number of nitrogens with one attached hydrogen (secondary N) is 1. The maximum atomic E-state index is 5.76. The van der Waals surface area contributed by atoms with Crippen molar-refractivity contribution >= 4 is 37.5 Å². The van der Waals surface area contributed by atoms with Crippen molar-refractivity contribution in [2.75, 3.05) is 11.9 Å². The van der Waals surface area contributed by atoms with Crippen LogP contribution in [0.4, 0.5) is 5.69 Å². The lowest BCUT2D eigenvalue weighted by molar-refractivity contribution is 0.479. The highest BCUT2D eigenvalue weighted by atomic mass is 79.9. The number of anilines is 1. The van der Waals surface area contributed by atoms with E-state index in [2.05, 4.69) is 37.2 Å². The van der Waals surface area contributed by atoms with Crippen LogP contribution in [0, 0.1) is 0 Å². The van der Waals surface area contributed by atoms with Gasteiger partial charge in [0.05, 0.1) is 16.8 Å². The monoisotopic (exact) mass is 358 g/mol. The second-order valence-corrected chi connectivity index (χ2v) is 5.35. The van der Waals surface area contributed by atoms with Crippen molar-refractivity contribution < 1.29 is 4.42 Å². The van der Waals surface area contributed by atoms with Crippen LogP contribution in [0.25, 0.3) is 0 Å². The average molecular weight is 360 g/mol. The van der Waals surface area contributed by atoms with Gasteiger partial charge in [0.25, 0.3) is 0 Å². The minimum Gasteiger partial charge on any atom is -0.466 e. The molecule has 1 unspecified atom stereocenters. The van der Waals surface area contributed by atoms with Crippen LogP contribution < -0.4 is 11.1 Å². The molecule has 1 heterocycles. The third-order valence-electron chi connectivity index (χ3n) is 2.36. The quantitative estimate of drug-likeness (QED) is 0.869. The van der Waals surface area contributed by atoms with E-state index >= 15 is 0 Å². The molecule has 0 amide bonds. The van der Waals surface area contributed by atoms with Crippen molar-refractivity contribution in [3.63, 3.8) is 0 Å². The molecule has 17 heavy (non-hydrogen) atoms. The average Bonchev–Trinajstić information content (AvgIpc) is 2.72. The van der Waals surface area contributed by atoms with Gasteiger partial charge in [-0.05, 0) is 40.2 Å². The standard InChI is InChI=1S/C12H12Br2N2O/c13-8-2-1-3-9(6-8)16-11(7-15)12-10(14)4-5-17-12/h1-6,11,16H,7,15H2. The van der Waals surface area contributed by atoms with Crippen LogP contribution in [0.3, 0.4) is 0 Å². The van der Waals surface area contributed by atoms with Crippen LogP contribution in [-0.4, -0.2) is 6.54 Å². The summed E-state index contributed by atoms with van der Waals surface area (Å²) in [7, 11) is 0. The number of furan rings is 1. The zero-order valence-electron chi connectivity index (χ0n) is 8.99. The molecule has 90 valence electrons. The molecular weight excluding hydrogens is 348 g/mol. The highest BCUT2D eigenvalue weighted by molar-refractivity contribution is 9.10. The van der Waals surface area contributed by atoms with Crippen LogP contribution in [0.2, 0.25) is 0 Å². The summed E-state index contributed by atoms with van der Waals surface area (Å²) in [5.41, 5.74) is 6.76. The van der Waals surface area contributed by atoms with Gasteiger partial charge in [-0.3, -0.25) is 0 Å². The van der Waals surface area contributed by atoms with Gasteiger partial charge in [0.2, 0.25) is 0 Å². The summed E-state index contributed by atoms with van der Waals surface area (Å²) in [6, 6.07) is 9.75. The topological polar surface area (TPSA) is 51.2 Å². The molecule has 0 saturated heterocycles. The van der Waals surface area contributed by atoms with Crippen molar-refractivity contribution in [2.45, 2.75) is 6.04 Å². The number of nitrogens with two attached hydrogens (primary N) is 1. The Morgan fingerprint density at radius 2 is 2.12 bits per heavy atom. The molecule has 2 rings (SSSR count). The van der Waals surface area contributed by atoms with Gasteiger partial charge in [0.15, 0.2) is 0 Å². The number of hydrogen-bond donors (Lipinski definition) is 2. The van der Waals surface area contributed by atoms with E-state index in [-0.39, 0.29) is 6.04 Å². The predicted molar refractivity (Wildman–Crippen MR) is 76.0 cm³/mol. The zero-order valence-corrected chi connectivity index (χ0v) is 12.2. The lowest BCUT2D eigenvalue weighted by Gasteiger charge is -2.16. The summed E-state index contributed by atoms with van der Waals surface area (Å²) < 4.78 is 7.37. The second-order valence-electron chi connectivity index (χ2n) is 3.58. The normalized spacial score (nSPS) is 12.4. The van der Waals surface area contributed by atoms with E-state index in [0.29, 0.717) is 6.54 Å². The van der Waals surface area contributed by atoms with Gasteiger partial charge in [-0.15, -0.1) is 0 Å². The van der Waals surface area contributed by atoms with Crippen LogP contribution in [0.15, 0.2) is 50.0 Å². The molecule has 2 aromatic rings. The van der Waals surface area contributed by atoms with E-state index in [9.17, 15) is 0 Å². The third kappa shape index (κ3) is 3.12. The van der Waals surface area contributed by atoms with Gasteiger partial charge in [-0.2, -0.15) is 0 Å². The third-order valence-corrected chi connectivity index (χ3v) is 3.51. The van der Waals surface area contributed by atoms with Crippen molar-refractivity contribution in [1.29, 1.82) is 0 Å². The molecule has 0 spiro atoms. The first-order valence-electron chi connectivity index (χ1n) is 5.16. The first-order valence-corrected chi connectivity index (χ1v) is 6.74.